The van der Waals surface area contributed by atoms with E-state index >= 15 is 0 Å². The highest BCUT2D eigenvalue weighted by atomic mass is 16.5. The van der Waals surface area contributed by atoms with E-state index in [-0.39, 0.29) is 11.4 Å². The van der Waals surface area contributed by atoms with Gasteiger partial charge in [0.15, 0.2) is 11.5 Å². The Morgan fingerprint density at radius 2 is 1.90 bits per heavy atom. The summed E-state index contributed by atoms with van der Waals surface area (Å²) in [5.74, 6) is 1.46. The van der Waals surface area contributed by atoms with Crippen molar-refractivity contribution in [3.8, 4) is 11.5 Å². The van der Waals surface area contributed by atoms with Crippen molar-refractivity contribution in [2.75, 3.05) is 34.9 Å². The lowest BCUT2D eigenvalue weighted by atomic mass is 9.95. The highest BCUT2D eigenvalue weighted by molar-refractivity contribution is 5.73. The summed E-state index contributed by atoms with van der Waals surface area (Å²) in [6.45, 7) is 0.652. The Hall–Kier alpha value is -1.91. The van der Waals surface area contributed by atoms with Crippen molar-refractivity contribution < 1.29 is 14.3 Å². The number of ether oxygens (including phenoxy) is 2. The van der Waals surface area contributed by atoms with Crippen LogP contribution >= 0.6 is 0 Å². The zero-order chi connectivity index (χ0) is 14.8. The molecule has 0 aromatic heterocycles. The minimum atomic E-state index is -0.0586. The van der Waals surface area contributed by atoms with Gasteiger partial charge in [-0.1, -0.05) is 6.07 Å². The Kier molecular flexibility index (Phi) is 4.06. The van der Waals surface area contributed by atoms with E-state index in [1.165, 1.54) is 5.56 Å². The quantitative estimate of drug-likeness (QED) is 0.896. The molecule has 2 amide bonds. The molecule has 20 heavy (non-hydrogen) atoms. The van der Waals surface area contributed by atoms with E-state index in [0.717, 1.165) is 24.3 Å². The average molecular weight is 278 g/mol. The van der Waals surface area contributed by atoms with Crippen LogP contribution < -0.4 is 14.8 Å². The first-order chi connectivity index (χ1) is 9.52. The summed E-state index contributed by atoms with van der Waals surface area (Å²) < 4.78 is 10.6. The Bertz CT molecular complexity index is 496. The van der Waals surface area contributed by atoms with E-state index < -0.39 is 0 Å². The summed E-state index contributed by atoms with van der Waals surface area (Å²) in [5.41, 5.74) is 1.24. The van der Waals surface area contributed by atoms with E-state index in [2.05, 4.69) is 11.4 Å². The first kappa shape index (κ1) is 14.5. The molecular weight excluding hydrogens is 256 g/mol. The molecule has 0 bridgehead atoms. The lowest BCUT2D eigenvalue weighted by Crippen LogP contribution is -2.39. The third-order valence-electron chi connectivity index (χ3n) is 3.83. The third kappa shape index (κ3) is 2.81. The van der Waals surface area contributed by atoms with Gasteiger partial charge in [-0.3, -0.25) is 0 Å². The minimum absolute atomic E-state index is 0.0468. The van der Waals surface area contributed by atoms with Gasteiger partial charge in [-0.25, -0.2) is 4.79 Å². The maximum atomic E-state index is 11.6. The minimum Gasteiger partial charge on any atom is -0.493 e. The van der Waals surface area contributed by atoms with Gasteiger partial charge in [-0.2, -0.15) is 0 Å². The fourth-order valence-corrected chi connectivity index (χ4v) is 2.29. The van der Waals surface area contributed by atoms with E-state index in [4.69, 9.17) is 9.47 Å². The zero-order valence-corrected chi connectivity index (χ0v) is 12.5. The topological polar surface area (TPSA) is 50.8 Å². The van der Waals surface area contributed by atoms with Crippen LogP contribution in [0.25, 0.3) is 0 Å². The molecule has 0 unspecified atom stereocenters. The summed E-state index contributed by atoms with van der Waals surface area (Å²) in [6, 6.07) is 5.92. The van der Waals surface area contributed by atoms with Crippen LogP contribution in [0.1, 0.15) is 18.4 Å². The van der Waals surface area contributed by atoms with E-state index in [9.17, 15) is 4.79 Å². The SMILES string of the molecule is COc1ccc(C2(CNC(=O)N(C)C)CC2)cc1OC. The molecule has 1 aromatic carbocycles. The Morgan fingerprint density at radius 1 is 1.25 bits per heavy atom. The standard InChI is InChI=1S/C15H22N2O3/c1-17(2)14(18)16-10-15(7-8-15)11-5-6-12(19-3)13(9-11)20-4/h5-6,9H,7-8,10H2,1-4H3,(H,16,18). The van der Waals surface area contributed by atoms with Gasteiger partial charge in [-0.15, -0.1) is 0 Å². The first-order valence-electron chi connectivity index (χ1n) is 6.70. The highest BCUT2D eigenvalue weighted by Crippen LogP contribution is 2.49. The van der Waals surface area contributed by atoms with Gasteiger partial charge >= 0.3 is 6.03 Å². The lowest BCUT2D eigenvalue weighted by molar-refractivity contribution is 0.216. The number of carbonyl (C=O) groups excluding carboxylic acids is 1. The zero-order valence-electron chi connectivity index (χ0n) is 12.5. The predicted molar refractivity (Wildman–Crippen MR) is 77.5 cm³/mol. The molecule has 0 radical (unpaired) electrons. The van der Waals surface area contributed by atoms with Gasteiger partial charge in [-0.05, 0) is 30.5 Å². The molecule has 0 aliphatic heterocycles. The van der Waals surface area contributed by atoms with Gasteiger partial charge < -0.3 is 19.7 Å². The fourth-order valence-electron chi connectivity index (χ4n) is 2.29. The van der Waals surface area contributed by atoms with Crippen molar-refractivity contribution in [1.82, 2.24) is 10.2 Å². The second-order valence-corrected chi connectivity index (χ2v) is 5.40. The van der Waals surface area contributed by atoms with Crippen molar-refractivity contribution in [3.05, 3.63) is 23.8 Å². The van der Waals surface area contributed by atoms with Gasteiger partial charge in [0.25, 0.3) is 0 Å². The van der Waals surface area contributed by atoms with E-state index in [0.29, 0.717) is 6.54 Å². The molecule has 1 fully saturated rings. The first-order valence-corrected chi connectivity index (χ1v) is 6.70. The number of benzene rings is 1. The molecule has 1 aliphatic rings. The number of rotatable bonds is 5. The molecule has 5 nitrogen and oxygen atoms in total. The number of nitrogens with zero attached hydrogens (tertiary/aromatic N) is 1. The summed E-state index contributed by atoms with van der Waals surface area (Å²) in [4.78, 5) is 13.2. The second-order valence-electron chi connectivity index (χ2n) is 5.40. The Morgan fingerprint density at radius 3 is 2.40 bits per heavy atom. The third-order valence-corrected chi connectivity index (χ3v) is 3.83. The van der Waals surface area contributed by atoms with Gasteiger partial charge in [0.1, 0.15) is 0 Å². The van der Waals surface area contributed by atoms with Crippen LogP contribution in [-0.2, 0) is 5.41 Å². The lowest BCUT2D eigenvalue weighted by Gasteiger charge is -2.20. The molecule has 0 saturated heterocycles. The fraction of sp³-hybridized carbons (Fsp3) is 0.533. The van der Waals surface area contributed by atoms with Crippen molar-refractivity contribution in [2.24, 2.45) is 0 Å². The molecule has 0 atom stereocenters. The van der Waals surface area contributed by atoms with Gasteiger partial charge in [0, 0.05) is 26.1 Å². The molecule has 1 N–H and O–H groups in total. The number of hydrogen-bond donors (Lipinski definition) is 1. The highest BCUT2D eigenvalue weighted by Gasteiger charge is 2.44. The molecule has 1 aromatic rings. The second kappa shape index (κ2) is 5.61. The number of hydrogen-bond acceptors (Lipinski definition) is 3. The maximum absolute atomic E-state index is 11.6. The molecule has 5 heteroatoms. The van der Waals surface area contributed by atoms with Crippen LogP contribution in [0.3, 0.4) is 0 Å². The van der Waals surface area contributed by atoms with Crippen LogP contribution in [0.4, 0.5) is 4.79 Å². The molecule has 110 valence electrons. The van der Waals surface area contributed by atoms with Crippen LogP contribution in [0.2, 0.25) is 0 Å². The summed E-state index contributed by atoms with van der Waals surface area (Å²) in [6.07, 6.45) is 2.16. The summed E-state index contributed by atoms with van der Waals surface area (Å²) >= 11 is 0. The predicted octanol–water partition coefficient (Wildman–Crippen LogP) is 2.01. The molecule has 1 aliphatic carbocycles. The maximum Gasteiger partial charge on any atom is 0.316 e. The van der Waals surface area contributed by atoms with E-state index in [1.807, 2.05) is 12.1 Å². The molecule has 1 saturated carbocycles. The molecule has 0 heterocycles. The average Bonchev–Trinajstić information content (AvgIpc) is 3.25. The van der Waals surface area contributed by atoms with Crippen molar-refractivity contribution in [1.29, 1.82) is 0 Å². The molecule has 0 spiro atoms. The van der Waals surface area contributed by atoms with E-state index in [1.54, 1.807) is 33.2 Å². The van der Waals surface area contributed by atoms with Crippen LogP contribution in [-0.4, -0.2) is 45.8 Å². The number of nitrogens with one attached hydrogen (secondary N) is 1. The largest absolute Gasteiger partial charge is 0.493 e. The Balaban J connectivity index is 2.12. The van der Waals surface area contributed by atoms with Crippen LogP contribution in [0, 0.1) is 0 Å². The Labute approximate surface area is 119 Å². The van der Waals surface area contributed by atoms with Crippen molar-refractivity contribution in [3.63, 3.8) is 0 Å². The van der Waals surface area contributed by atoms with Crippen LogP contribution in [0.5, 0.6) is 11.5 Å². The molecule has 2 rings (SSSR count). The van der Waals surface area contributed by atoms with Gasteiger partial charge in [0.2, 0.25) is 0 Å². The van der Waals surface area contributed by atoms with Crippen LogP contribution in [0.15, 0.2) is 18.2 Å². The molecular formula is C15H22N2O3. The summed E-state index contributed by atoms with van der Waals surface area (Å²) in [5, 5.41) is 2.96. The number of carbonyl (C=O) groups is 1. The van der Waals surface area contributed by atoms with Gasteiger partial charge in [0.05, 0.1) is 14.2 Å². The van der Waals surface area contributed by atoms with Crippen molar-refractivity contribution in [2.45, 2.75) is 18.3 Å². The summed E-state index contributed by atoms with van der Waals surface area (Å²) in [7, 11) is 6.74. The smallest absolute Gasteiger partial charge is 0.316 e. The normalized spacial score (nSPS) is 15.4. The van der Waals surface area contributed by atoms with Crippen molar-refractivity contribution >= 4 is 6.03 Å². The monoisotopic (exact) mass is 278 g/mol. The number of urea groups is 1. The number of methoxy groups -OCH3 is 2. The number of amides is 2.